The van der Waals surface area contributed by atoms with Crippen LogP contribution in [0.1, 0.15) is 24.6 Å². The third-order valence-electron chi connectivity index (χ3n) is 2.91. The second-order valence-corrected chi connectivity index (χ2v) is 5.59. The molecule has 0 aliphatic heterocycles. The molecule has 2 rings (SSSR count). The Balaban J connectivity index is 1.86. The highest BCUT2D eigenvalue weighted by molar-refractivity contribution is 7.09. The van der Waals surface area contributed by atoms with Crippen LogP contribution in [0, 0.1) is 11.8 Å². The zero-order valence-corrected chi connectivity index (χ0v) is 9.44. The highest BCUT2D eigenvalue weighted by Crippen LogP contribution is 2.40. The first-order valence-corrected chi connectivity index (χ1v) is 6.25. The molecule has 0 aromatic carbocycles. The minimum atomic E-state index is 0.339. The molecule has 2 atom stereocenters. The largest absolute Gasteiger partial charge is 0.149 e. The lowest BCUT2D eigenvalue weighted by molar-refractivity contribution is 0.480. The van der Waals surface area contributed by atoms with Gasteiger partial charge in [-0.2, -0.15) is 0 Å². The maximum Gasteiger partial charge on any atom is 0.0412 e. The molecule has 1 saturated carbocycles. The molecule has 1 aliphatic carbocycles. The Morgan fingerprint density at radius 3 is 2.92 bits per heavy atom. The minimum absolute atomic E-state index is 0.339. The van der Waals surface area contributed by atoms with Gasteiger partial charge in [0.25, 0.3) is 0 Å². The van der Waals surface area contributed by atoms with E-state index in [0.29, 0.717) is 11.3 Å². The van der Waals surface area contributed by atoms with Crippen LogP contribution in [0.25, 0.3) is 0 Å². The molecule has 0 N–H and O–H groups in total. The second kappa shape index (κ2) is 4.02. The Labute approximate surface area is 88.9 Å². The van der Waals surface area contributed by atoms with Crippen LogP contribution in [0.15, 0.2) is 17.5 Å². The summed E-state index contributed by atoms with van der Waals surface area (Å²) >= 11 is 8.18. The fourth-order valence-corrected chi connectivity index (χ4v) is 2.95. The Hall–Kier alpha value is -0.0100. The van der Waals surface area contributed by atoms with Crippen molar-refractivity contribution in [3.8, 4) is 0 Å². The first kappa shape index (κ1) is 9.54. The summed E-state index contributed by atoms with van der Waals surface area (Å²) in [5.74, 6) is 1.62. The topological polar surface area (TPSA) is 0 Å². The number of rotatable bonds is 4. The van der Waals surface area contributed by atoms with Gasteiger partial charge in [0.05, 0.1) is 0 Å². The van der Waals surface area contributed by atoms with Crippen molar-refractivity contribution in [2.75, 3.05) is 0 Å². The summed E-state index contributed by atoms with van der Waals surface area (Å²) in [4.78, 5) is 1.42. The Morgan fingerprint density at radius 2 is 2.38 bits per heavy atom. The van der Waals surface area contributed by atoms with E-state index in [-0.39, 0.29) is 0 Å². The summed E-state index contributed by atoms with van der Waals surface area (Å²) in [6, 6.07) is 4.28. The number of hydrogen-bond donors (Lipinski definition) is 0. The van der Waals surface area contributed by atoms with Gasteiger partial charge in [-0.3, -0.25) is 0 Å². The molecule has 0 nitrogen and oxygen atoms in total. The van der Waals surface area contributed by atoms with E-state index in [1.807, 2.05) is 11.3 Å². The monoisotopic (exact) mass is 214 g/mol. The lowest BCUT2D eigenvalue weighted by Crippen LogP contribution is -2.15. The first-order chi connectivity index (χ1) is 6.27. The number of alkyl halides is 1. The fourth-order valence-electron chi connectivity index (χ4n) is 1.72. The van der Waals surface area contributed by atoms with Gasteiger partial charge in [0.2, 0.25) is 0 Å². The van der Waals surface area contributed by atoms with Crippen molar-refractivity contribution < 1.29 is 0 Å². The van der Waals surface area contributed by atoms with Crippen LogP contribution in [0.3, 0.4) is 0 Å². The zero-order chi connectivity index (χ0) is 9.26. The van der Waals surface area contributed by atoms with E-state index in [1.54, 1.807) is 0 Å². The van der Waals surface area contributed by atoms with Crippen LogP contribution in [0.4, 0.5) is 0 Å². The Bertz CT molecular complexity index is 251. The summed E-state index contributed by atoms with van der Waals surface area (Å²) in [5, 5.41) is 2.46. The van der Waals surface area contributed by atoms with E-state index in [9.17, 15) is 0 Å². The molecule has 1 aromatic heterocycles. The van der Waals surface area contributed by atoms with Crippen molar-refractivity contribution in [2.45, 2.75) is 31.6 Å². The molecule has 72 valence electrons. The van der Waals surface area contributed by atoms with Gasteiger partial charge in [-0.25, -0.2) is 0 Å². The van der Waals surface area contributed by atoms with Crippen LogP contribution < -0.4 is 0 Å². The van der Waals surface area contributed by atoms with Crippen molar-refractivity contribution in [3.05, 3.63) is 22.4 Å². The summed E-state index contributed by atoms with van der Waals surface area (Å²) in [5.41, 5.74) is 0. The molecule has 0 radical (unpaired) electrons. The van der Waals surface area contributed by atoms with Gasteiger partial charge >= 0.3 is 0 Å². The number of thiophene rings is 1. The van der Waals surface area contributed by atoms with Gasteiger partial charge < -0.3 is 0 Å². The third-order valence-corrected chi connectivity index (χ3v) is 4.36. The normalized spacial score (nSPS) is 21.4. The Morgan fingerprint density at radius 1 is 1.62 bits per heavy atom. The van der Waals surface area contributed by atoms with E-state index < -0.39 is 0 Å². The molecule has 1 aromatic rings. The van der Waals surface area contributed by atoms with Gasteiger partial charge in [-0.05, 0) is 42.5 Å². The van der Waals surface area contributed by atoms with Crippen molar-refractivity contribution in [2.24, 2.45) is 11.8 Å². The molecule has 2 unspecified atom stereocenters. The molecule has 0 saturated heterocycles. The van der Waals surface area contributed by atoms with Gasteiger partial charge in [0.1, 0.15) is 0 Å². The highest BCUT2D eigenvalue weighted by Gasteiger charge is 2.32. The standard InChI is InChI=1S/C11H15ClS/c1-8(9-4-5-9)11(12)7-10-3-2-6-13-10/h2-3,6,8-9,11H,4-5,7H2,1H3. The fraction of sp³-hybridized carbons (Fsp3) is 0.636. The summed E-state index contributed by atoms with van der Waals surface area (Å²) in [6.07, 6.45) is 3.85. The molecule has 0 spiro atoms. The van der Waals surface area contributed by atoms with Gasteiger partial charge in [-0.15, -0.1) is 22.9 Å². The van der Waals surface area contributed by atoms with Crippen molar-refractivity contribution in [1.29, 1.82) is 0 Å². The molecule has 2 heteroatoms. The van der Waals surface area contributed by atoms with E-state index in [0.717, 1.165) is 12.3 Å². The SMILES string of the molecule is CC(C(Cl)Cc1cccs1)C1CC1. The molecule has 1 fully saturated rings. The summed E-state index contributed by atoms with van der Waals surface area (Å²) in [7, 11) is 0. The second-order valence-electron chi connectivity index (χ2n) is 4.00. The lowest BCUT2D eigenvalue weighted by Gasteiger charge is -2.16. The van der Waals surface area contributed by atoms with Crippen LogP contribution >= 0.6 is 22.9 Å². The lowest BCUT2D eigenvalue weighted by atomic mass is 9.99. The van der Waals surface area contributed by atoms with E-state index >= 15 is 0 Å². The van der Waals surface area contributed by atoms with E-state index in [1.165, 1.54) is 17.7 Å². The summed E-state index contributed by atoms with van der Waals surface area (Å²) < 4.78 is 0. The molecule has 13 heavy (non-hydrogen) atoms. The molecule has 1 heterocycles. The molecule has 1 aliphatic rings. The van der Waals surface area contributed by atoms with Gasteiger partial charge in [0.15, 0.2) is 0 Å². The quantitative estimate of drug-likeness (QED) is 0.666. The van der Waals surface area contributed by atoms with Gasteiger partial charge in [0, 0.05) is 10.3 Å². The van der Waals surface area contributed by atoms with Gasteiger partial charge in [-0.1, -0.05) is 13.0 Å². The maximum absolute atomic E-state index is 6.36. The van der Waals surface area contributed by atoms with Crippen LogP contribution in [0.2, 0.25) is 0 Å². The average Bonchev–Trinajstić information content (AvgIpc) is 2.85. The highest BCUT2D eigenvalue weighted by atomic mass is 35.5. The molecular weight excluding hydrogens is 200 g/mol. The zero-order valence-electron chi connectivity index (χ0n) is 7.87. The average molecular weight is 215 g/mol. The predicted octanol–water partition coefficient (Wildman–Crippen LogP) is 3.94. The predicted molar refractivity (Wildman–Crippen MR) is 59.6 cm³/mol. The van der Waals surface area contributed by atoms with Crippen LogP contribution in [-0.4, -0.2) is 5.38 Å². The van der Waals surface area contributed by atoms with Crippen LogP contribution in [0.5, 0.6) is 0 Å². The van der Waals surface area contributed by atoms with Crippen molar-refractivity contribution in [1.82, 2.24) is 0 Å². The van der Waals surface area contributed by atoms with E-state index in [2.05, 4.69) is 24.4 Å². The maximum atomic E-state index is 6.36. The molecular formula is C11H15ClS. The molecule has 0 amide bonds. The summed E-state index contributed by atoms with van der Waals surface area (Å²) in [6.45, 7) is 2.29. The van der Waals surface area contributed by atoms with Crippen molar-refractivity contribution >= 4 is 22.9 Å². The van der Waals surface area contributed by atoms with Crippen molar-refractivity contribution in [3.63, 3.8) is 0 Å². The number of halogens is 1. The number of hydrogen-bond acceptors (Lipinski definition) is 1. The Kier molecular flexibility index (Phi) is 2.95. The van der Waals surface area contributed by atoms with E-state index in [4.69, 9.17) is 11.6 Å². The van der Waals surface area contributed by atoms with Crippen LogP contribution in [-0.2, 0) is 6.42 Å². The molecule has 0 bridgehead atoms. The first-order valence-electron chi connectivity index (χ1n) is 4.94. The third kappa shape index (κ3) is 2.47. The smallest absolute Gasteiger partial charge is 0.0412 e. The minimum Gasteiger partial charge on any atom is -0.149 e.